The lowest BCUT2D eigenvalue weighted by molar-refractivity contribution is 0.190. The summed E-state index contributed by atoms with van der Waals surface area (Å²) in [5.74, 6) is 0. The lowest BCUT2D eigenvalue weighted by atomic mass is 10.0. The third-order valence-electron chi connectivity index (χ3n) is 6.14. The van der Waals surface area contributed by atoms with Crippen molar-refractivity contribution in [2.45, 2.75) is 38.5 Å². The Balaban J connectivity index is 1.25. The molecule has 0 radical (unpaired) electrons. The molecule has 0 bridgehead atoms. The smallest absolute Gasteiger partial charge is 0.0233 e. The number of rotatable bonds is 8. The number of likely N-dealkylation sites (tertiary alicyclic amines) is 1. The lowest BCUT2D eigenvalue weighted by Crippen LogP contribution is -2.41. The number of hydrogen-bond donors (Lipinski definition) is 1. The van der Waals surface area contributed by atoms with Gasteiger partial charge in [0.05, 0.1) is 0 Å². The van der Waals surface area contributed by atoms with Crippen LogP contribution in [0.1, 0.15) is 29.5 Å². The predicted octanol–water partition coefficient (Wildman–Crippen LogP) is 5.17. The Morgan fingerprint density at radius 3 is 2.19 bits per heavy atom. The Morgan fingerprint density at radius 1 is 0.774 bits per heavy atom. The van der Waals surface area contributed by atoms with Crippen LogP contribution in [-0.4, -0.2) is 43.0 Å². The summed E-state index contributed by atoms with van der Waals surface area (Å²) in [6.45, 7) is 5.35. The maximum absolute atomic E-state index is 3.78. The van der Waals surface area contributed by atoms with Crippen molar-refractivity contribution in [2.75, 3.05) is 27.2 Å². The highest BCUT2D eigenvalue weighted by Crippen LogP contribution is 2.22. The molecular formula is C28H35N3. The van der Waals surface area contributed by atoms with Gasteiger partial charge < -0.3 is 10.2 Å². The summed E-state index contributed by atoms with van der Waals surface area (Å²) in [4.78, 5) is 4.78. The summed E-state index contributed by atoms with van der Waals surface area (Å²) in [6, 6.07) is 29.4. The minimum Gasteiger partial charge on any atom is -0.310 e. The first-order chi connectivity index (χ1) is 15.2. The molecule has 0 aromatic heterocycles. The highest BCUT2D eigenvalue weighted by atomic mass is 15.1. The van der Waals surface area contributed by atoms with Crippen molar-refractivity contribution in [3.8, 4) is 11.1 Å². The molecule has 4 rings (SSSR count). The monoisotopic (exact) mass is 413 g/mol. The van der Waals surface area contributed by atoms with Crippen LogP contribution in [0, 0.1) is 0 Å². The third kappa shape index (κ3) is 6.51. The number of benzene rings is 3. The molecule has 0 amide bonds. The Morgan fingerprint density at radius 2 is 1.48 bits per heavy atom. The van der Waals surface area contributed by atoms with Gasteiger partial charge >= 0.3 is 0 Å². The van der Waals surface area contributed by atoms with Gasteiger partial charge in [-0.2, -0.15) is 0 Å². The molecule has 31 heavy (non-hydrogen) atoms. The average Bonchev–Trinajstić information content (AvgIpc) is 2.79. The molecule has 162 valence electrons. The molecule has 1 aliphatic heterocycles. The molecule has 3 aromatic rings. The van der Waals surface area contributed by atoms with E-state index >= 15 is 0 Å². The fourth-order valence-electron chi connectivity index (χ4n) is 4.43. The molecule has 1 aliphatic rings. The molecule has 0 aliphatic carbocycles. The molecule has 1 saturated heterocycles. The molecule has 3 aromatic carbocycles. The third-order valence-corrected chi connectivity index (χ3v) is 6.14. The number of nitrogens with one attached hydrogen (secondary N) is 1. The van der Waals surface area contributed by atoms with E-state index in [0.717, 1.165) is 19.6 Å². The average molecular weight is 414 g/mol. The fourth-order valence-corrected chi connectivity index (χ4v) is 4.43. The highest BCUT2D eigenvalue weighted by molar-refractivity contribution is 5.64. The Kier molecular flexibility index (Phi) is 7.52. The van der Waals surface area contributed by atoms with Gasteiger partial charge in [-0.05, 0) is 73.9 Å². The van der Waals surface area contributed by atoms with Crippen LogP contribution < -0.4 is 5.32 Å². The van der Waals surface area contributed by atoms with Crippen LogP contribution in [0.4, 0.5) is 0 Å². The van der Waals surface area contributed by atoms with E-state index in [1.807, 2.05) is 0 Å². The van der Waals surface area contributed by atoms with Gasteiger partial charge in [-0.1, -0.05) is 72.8 Å². The Bertz CT molecular complexity index is 926. The first-order valence-electron chi connectivity index (χ1n) is 11.5. The minimum absolute atomic E-state index is 0.620. The summed E-state index contributed by atoms with van der Waals surface area (Å²) in [5.41, 5.74) is 6.72. The Labute approximate surface area is 187 Å². The molecule has 1 heterocycles. The SMILES string of the molecule is CN(C)Cc1cccc(-c2ccc(CNC3CCN(Cc4ccccc4)CC3)cc2)c1. The van der Waals surface area contributed by atoms with Crippen LogP contribution in [0.15, 0.2) is 78.9 Å². The maximum atomic E-state index is 3.78. The highest BCUT2D eigenvalue weighted by Gasteiger charge is 2.18. The normalized spacial score (nSPS) is 15.5. The van der Waals surface area contributed by atoms with Crippen molar-refractivity contribution < 1.29 is 0 Å². The van der Waals surface area contributed by atoms with Gasteiger partial charge in [0, 0.05) is 25.7 Å². The van der Waals surface area contributed by atoms with Crippen LogP contribution in [0.5, 0.6) is 0 Å². The molecule has 0 spiro atoms. The van der Waals surface area contributed by atoms with E-state index in [-0.39, 0.29) is 0 Å². The van der Waals surface area contributed by atoms with Crippen molar-refractivity contribution in [1.29, 1.82) is 0 Å². The minimum atomic E-state index is 0.620. The number of nitrogens with zero attached hydrogens (tertiary/aromatic N) is 2. The molecule has 1 fully saturated rings. The van der Waals surface area contributed by atoms with E-state index in [1.165, 1.54) is 53.7 Å². The van der Waals surface area contributed by atoms with Gasteiger partial charge in [0.25, 0.3) is 0 Å². The van der Waals surface area contributed by atoms with Gasteiger partial charge in [0.1, 0.15) is 0 Å². The van der Waals surface area contributed by atoms with Gasteiger partial charge in [-0.25, -0.2) is 0 Å². The molecule has 3 heteroatoms. The number of piperidine rings is 1. The zero-order valence-corrected chi connectivity index (χ0v) is 18.9. The van der Waals surface area contributed by atoms with Crippen molar-refractivity contribution in [3.63, 3.8) is 0 Å². The molecule has 0 saturated carbocycles. The molecule has 0 atom stereocenters. The van der Waals surface area contributed by atoms with Crippen LogP contribution >= 0.6 is 0 Å². The molecule has 1 N–H and O–H groups in total. The first-order valence-corrected chi connectivity index (χ1v) is 11.5. The summed E-state index contributed by atoms with van der Waals surface area (Å²) in [5, 5.41) is 3.78. The van der Waals surface area contributed by atoms with Crippen LogP contribution in [0.25, 0.3) is 11.1 Å². The quantitative estimate of drug-likeness (QED) is 0.550. The summed E-state index contributed by atoms with van der Waals surface area (Å²) < 4.78 is 0. The van der Waals surface area contributed by atoms with Crippen molar-refractivity contribution in [3.05, 3.63) is 95.6 Å². The maximum Gasteiger partial charge on any atom is 0.0233 e. The summed E-state index contributed by atoms with van der Waals surface area (Å²) in [7, 11) is 4.23. The fraction of sp³-hybridized carbons (Fsp3) is 0.357. The van der Waals surface area contributed by atoms with E-state index in [2.05, 4.69) is 108 Å². The van der Waals surface area contributed by atoms with E-state index in [0.29, 0.717) is 6.04 Å². The van der Waals surface area contributed by atoms with Crippen molar-refractivity contribution >= 4 is 0 Å². The second kappa shape index (κ2) is 10.7. The zero-order valence-electron chi connectivity index (χ0n) is 18.9. The zero-order chi connectivity index (χ0) is 21.5. The standard InChI is InChI=1S/C28H35N3/c1-30(2)21-25-9-6-10-27(19-25)26-13-11-23(12-14-26)20-29-28-15-17-31(18-16-28)22-24-7-4-3-5-8-24/h3-14,19,28-29H,15-18,20-22H2,1-2H3. The molecule has 3 nitrogen and oxygen atoms in total. The van der Waals surface area contributed by atoms with Crippen LogP contribution in [0.3, 0.4) is 0 Å². The van der Waals surface area contributed by atoms with Gasteiger partial charge in [-0.3, -0.25) is 4.90 Å². The molecule has 0 unspecified atom stereocenters. The second-order valence-electron chi connectivity index (χ2n) is 9.05. The predicted molar refractivity (Wildman–Crippen MR) is 131 cm³/mol. The van der Waals surface area contributed by atoms with Crippen LogP contribution in [0.2, 0.25) is 0 Å². The molecular weight excluding hydrogens is 378 g/mol. The topological polar surface area (TPSA) is 18.5 Å². The lowest BCUT2D eigenvalue weighted by Gasteiger charge is -2.32. The van der Waals surface area contributed by atoms with Crippen molar-refractivity contribution in [1.82, 2.24) is 15.1 Å². The van der Waals surface area contributed by atoms with Crippen LogP contribution in [-0.2, 0) is 19.6 Å². The summed E-state index contributed by atoms with van der Waals surface area (Å²) in [6.07, 6.45) is 2.45. The van der Waals surface area contributed by atoms with E-state index < -0.39 is 0 Å². The summed E-state index contributed by atoms with van der Waals surface area (Å²) >= 11 is 0. The first kappa shape index (κ1) is 21.8. The van der Waals surface area contributed by atoms with E-state index in [9.17, 15) is 0 Å². The largest absolute Gasteiger partial charge is 0.310 e. The van der Waals surface area contributed by atoms with Gasteiger partial charge in [-0.15, -0.1) is 0 Å². The number of hydrogen-bond acceptors (Lipinski definition) is 3. The Hall–Kier alpha value is -2.46. The van der Waals surface area contributed by atoms with Gasteiger partial charge in [0.15, 0.2) is 0 Å². The van der Waals surface area contributed by atoms with E-state index in [1.54, 1.807) is 0 Å². The van der Waals surface area contributed by atoms with E-state index in [4.69, 9.17) is 0 Å². The van der Waals surface area contributed by atoms with Crippen molar-refractivity contribution in [2.24, 2.45) is 0 Å². The van der Waals surface area contributed by atoms with Gasteiger partial charge in [0.2, 0.25) is 0 Å². The second-order valence-corrected chi connectivity index (χ2v) is 9.05.